The Morgan fingerprint density at radius 1 is 1.32 bits per heavy atom. The summed E-state index contributed by atoms with van der Waals surface area (Å²) in [4.78, 5) is 27.2. The Kier molecular flexibility index (Phi) is 4.59. The van der Waals surface area contributed by atoms with E-state index in [0.29, 0.717) is 31.8 Å². The van der Waals surface area contributed by atoms with E-state index in [-0.39, 0.29) is 11.5 Å². The molecule has 1 aliphatic heterocycles. The monoisotopic (exact) mass is 305 g/mol. The van der Waals surface area contributed by atoms with Gasteiger partial charge in [0.1, 0.15) is 5.56 Å². The van der Waals surface area contributed by atoms with Gasteiger partial charge in [-0.2, -0.15) is 0 Å². The minimum absolute atomic E-state index is 0.132. The van der Waals surface area contributed by atoms with Crippen molar-refractivity contribution in [3.05, 3.63) is 33.2 Å². The highest BCUT2D eigenvalue weighted by atomic mass is 16.5. The van der Waals surface area contributed by atoms with Crippen LogP contribution in [0.2, 0.25) is 0 Å². The van der Waals surface area contributed by atoms with Crippen LogP contribution in [0.5, 0.6) is 0 Å². The van der Waals surface area contributed by atoms with Crippen LogP contribution in [-0.2, 0) is 24.1 Å². The molecular weight excluding hydrogens is 282 g/mol. The van der Waals surface area contributed by atoms with Crippen molar-refractivity contribution < 1.29 is 9.53 Å². The summed E-state index contributed by atoms with van der Waals surface area (Å²) in [5.41, 5.74) is 2.38. The number of ether oxygens (including phenoxy) is 1. The molecule has 0 atom stereocenters. The van der Waals surface area contributed by atoms with Crippen LogP contribution >= 0.6 is 0 Å². The third-order valence-electron chi connectivity index (χ3n) is 4.50. The molecule has 0 unspecified atom stereocenters. The van der Waals surface area contributed by atoms with Crippen molar-refractivity contribution in [3.8, 4) is 0 Å². The lowest BCUT2D eigenvalue weighted by Gasteiger charge is -2.27. The average Bonchev–Trinajstić information content (AvgIpc) is 3.02. The molecule has 1 aromatic heterocycles. The van der Waals surface area contributed by atoms with Gasteiger partial charge >= 0.3 is 0 Å². The Labute approximate surface area is 130 Å². The molecule has 6 heteroatoms. The molecule has 6 nitrogen and oxygen atoms in total. The number of nitrogens with zero attached hydrogens (tertiary/aromatic N) is 2. The van der Waals surface area contributed by atoms with Gasteiger partial charge < -0.3 is 19.5 Å². The van der Waals surface area contributed by atoms with E-state index in [9.17, 15) is 9.59 Å². The first kappa shape index (κ1) is 15.2. The number of amides is 1. The quantitative estimate of drug-likeness (QED) is 0.852. The molecule has 2 heterocycles. The third-order valence-corrected chi connectivity index (χ3v) is 4.50. The van der Waals surface area contributed by atoms with Gasteiger partial charge in [0.25, 0.3) is 11.5 Å². The number of carbonyl (C=O) groups excluding carboxylic acids is 1. The Morgan fingerprint density at radius 2 is 2.09 bits per heavy atom. The number of fused-ring (bicyclic) bond motifs is 1. The first-order valence-corrected chi connectivity index (χ1v) is 7.97. The van der Waals surface area contributed by atoms with E-state index >= 15 is 0 Å². The lowest BCUT2D eigenvalue weighted by Crippen LogP contribution is -2.48. The molecule has 0 radical (unpaired) electrons. The molecule has 2 aliphatic rings. The van der Waals surface area contributed by atoms with Gasteiger partial charge in [-0.15, -0.1) is 0 Å². The molecule has 0 bridgehead atoms. The number of pyridine rings is 1. The predicted octanol–water partition coefficient (Wildman–Crippen LogP) is 0.0288. The molecule has 1 fully saturated rings. The maximum absolute atomic E-state index is 12.8. The van der Waals surface area contributed by atoms with Gasteiger partial charge in [0, 0.05) is 45.5 Å². The van der Waals surface area contributed by atoms with Crippen molar-refractivity contribution >= 4 is 5.91 Å². The Morgan fingerprint density at radius 3 is 2.82 bits per heavy atom. The van der Waals surface area contributed by atoms with E-state index < -0.39 is 0 Å². The zero-order chi connectivity index (χ0) is 15.5. The molecule has 0 spiro atoms. The smallest absolute Gasteiger partial charge is 0.263 e. The van der Waals surface area contributed by atoms with Gasteiger partial charge in [-0.1, -0.05) is 0 Å². The van der Waals surface area contributed by atoms with E-state index in [2.05, 4.69) is 5.32 Å². The van der Waals surface area contributed by atoms with Crippen molar-refractivity contribution in [2.45, 2.75) is 25.8 Å². The molecule has 1 aromatic rings. The number of carbonyl (C=O) groups is 1. The number of hydrogen-bond acceptors (Lipinski definition) is 4. The fourth-order valence-corrected chi connectivity index (χ4v) is 3.33. The summed E-state index contributed by atoms with van der Waals surface area (Å²) in [7, 11) is 1.63. The number of nitrogens with one attached hydrogen (secondary N) is 1. The van der Waals surface area contributed by atoms with Crippen LogP contribution in [-0.4, -0.2) is 55.3 Å². The van der Waals surface area contributed by atoms with E-state index in [1.165, 1.54) is 0 Å². The Balaban J connectivity index is 1.97. The highest BCUT2D eigenvalue weighted by Gasteiger charge is 2.25. The molecule has 0 aromatic carbocycles. The molecule has 120 valence electrons. The van der Waals surface area contributed by atoms with E-state index in [4.69, 9.17) is 4.74 Å². The second kappa shape index (κ2) is 6.62. The highest BCUT2D eigenvalue weighted by molar-refractivity contribution is 5.94. The lowest BCUT2D eigenvalue weighted by molar-refractivity contribution is 0.0732. The van der Waals surface area contributed by atoms with E-state index in [1.54, 1.807) is 16.6 Å². The van der Waals surface area contributed by atoms with Gasteiger partial charge in [-0.05, 0) is 30.9 Å². The van der Waals surface area contributed by atoms with Gasteiger partial charge in [-0.3, -0.25) is 9.59 Å². The van der Waals surface area contributed by atoms with Crippen molar-refractivity contribution in [2.75, 3.05) is 39.9 Å². The molecule has 1 N–H and O–H groups in total. The Hall–Kier alpha value is -1.66. The van der Waals surface area contributed by atoms with Crippen LogP contribution in [0.25, 0.3) is 0 Å². The number of piperazine rings is 1. The zero-order valence-electron chi connectivity index (χ0n) is 13.1. The van der Waals surface area contributed by atoms with Gasteiger partial charge in [0.15, 0.2) is 0 Å². The first-order chi connectivity index (χ1) is 10.7. The number of rotatable bonds is 4. The summed E-state index contributed by atoms with van der Waals surface area (Å²) in [5.74, 6) is -0.132. The molecular formula is C16H23N3O3. The highest BCUT2D eigenvalue weighted by Crippen LogP contribution is 2.22. The van der Waals surface area contributed by atoms with Crippen LogP contribution in [0.15, 0.2) is 10.9 Å². The third kappa shape index (κ3) is 2.80. The molecule has 22 heavy (non-hydrogen) atoms. The molecule has 1 saturated heterocycles. The average molecular weight is 305 g/mol. The number of aryl methyl sites for hydroxylation is 1. The summed E-state index contributed by atoms with van der Waals surface area (Å²) in [5, 5.41) is 3.22. The fraction of sp³-hybridized carbons (Fsp3) is 0.625. The van der Waals surface area contributed by atoms with Gasteiger partial charge in [0.05, 0.1) is 6.61 Å². The van der Waals surface area contributed by atoms with Crippen LogP contribution in [0.4, 0.5) is 0 Å². The normalized spacial score (nSPS) is 17.6. The summed E-state index contributed by atoms with van der Waals surface area (Å²) < 4.78 is 6.87. The van der Waals surface area contributed by atoms with Crippen LogP contribution in [0.1, 0.15) is 28.0 Å². The minimum Gasteiger partial charge on any atom is -0.383 e. The SMILES string of the molecule is COCCn1c2c(cc(C(=O)N3CCNCC3)c1=O)CCC2. The minimum atomic E-state index is -0.166. The van der Waals surface area contributed by atoms with E-state index in [1.807, 2.05) is 6.07 Å². The number of methoxy groups -OCH3 is 1. The standard InChI is InChI=1S/C16H23N3O3/c1-22-10-9-19-14-4-2-3-12(14)11-13(16(19)21)15(20)18-7-5-17-6-8-18/h11,17H,2-10H2,1H3. The first-order valence-electron chi connectivity index (χ1n) is 7.97. The van der Waals surface area contributed by atoms with E-state index in [0.717, 1.165) is 43.6 Å². The largest absolute Gasteiger partial charge is 0.383 e. The van der Waals surface area contributed by atoms with Crippen molar-refractivity contribution in [1.29, 1.82) is 0 Å². The topological polar surface area (TPSA) is 63.6 Å². The van der Waals surface area contributed by atoms with Crippen LogP contribution < -0.4 is 10.9 Å². The fourth-order valence-electron chi connectivity index (χ4n) is 3.33. The zero-order valence-corrected chi connectivity index (χ0v) is 13.1. The lowest BCUT2D eigenvalue weighted by atomic mass is 10.1. The maximum Gasteiger partial charge on any atom is 0.263 e. The summed E-state index contributed by atoms with van der Waals surface area (Å²) in [6.45, 7) is 3.89. The number of hydrogen-bond donors (Lipinski definition) is 1. The second-order valence-electron chi connectivity index (χ2n) is 5.88. The van der Waals surface area contributed by atoms with Gasteiger partial charge in [-0.25, -0.2) is 0 Å². The predicted molar refractivity (Wildman–Crippen MR) is 83.4 cm³/mol. The summed E-state index contributed by atoms with van der Waals surface area (Å²) in [6.07, 6.45) is 2.91. The molecule has 3 rings (SSSR count). The van der Waals surface area contributed by atoms with Crippen molar-refractivity contribution in [2.24, 2.45) is 0 Å². The maximum atomic E-state index is 12.8. The Bertz CT molecular complexity index is 618. The molecule has 1 aliphatic carbocycles. The second-order valence-corrected chi connectivity index (χ2v) is 5.88. The summed E-state index contributed by atoms with van der Waals surface area (Å²) >= 11 is 0. The van der Waals surface area contributed by atoms with Crippen molar-refractivity contribution in [1.82, 2.24) is 14.8 Å². The molecule has 1 amide bonds. The van der Waals surface area contributed by atoms with Crippen LogP contribution in [0.3, 0.4) is 0 Å². The molecule has 0 saturated carbocycles. The van der Waals surface area contributed by atoms with Crippen molar-refractivity contribution in [3.63, 3.8) is 0 Å². The summed E-state index contributed by atoms with van der Waals surface area (Å²) in [6, 6.07) is 1.83. The number of aromatic nitrogens is 1. The van der Waals surface area contributed by atoms with Gasteiger partial charge in [0.2, 0.25) is 0 Å². The van der Waals surface area contributed by atoms with Crippen LogP contribution in [0, 0.1) is 0 Å².